The third kappa shape index (κ3) is 2.53. The summed E-state index contributed by atoms with van der Waals surface area (Å²) in [5.41, 5.74) is 6.61. The number of nitrogens with zero attached hydrogens (tertiary/aromatic N) is 3. The SMILES string of the molecule is COc1ccc(Cc2nc(C)c(F)c(N)n2)cn1. The fraction of sp³-hybridized carbons (Fsp3) is 0.250. The summed E-state index contributed by atoms with van der Waals surface area (Å²) in [6, 6.07) is 3.60. The van der Waals surface area contributed by atoms with Crippen LogP contribution in [-0.2, 0) is 6.42 Å². The molecule has 6 heteroatoms. The van der Waals surface area contributed by atoms with Crippen molar-refractivity contribution >= 4 is 5.82 Å². The highest BCUT2D eigenvalue weighted by Crippen LogP contribution is 2.14. The Balaban J connectivity index is 2.23. The maximum atomic E-state index is 13.3. The van der Waals surface area contributed by atoms with Crippen molar-refractivity contribution in [1.29, 1.82) is 0 Å². The van der Waals surface area contributed by atoms with E-state index in [4.69, 9.17) is 10.5 Å². The number of hydrogen-bond donors (Lipinski definition) is 1. The second kappa shape index (κ2) is 4.95. The average molecular weight is 248 g/mol. The van der Waals surface area contributed by atoms with Gasteiger partial charge in [0.25, 0.3) is 0 Å². The lowest BCUT2D eigenvalue weighted by atomic mass is 10.2. The second-order valence-electron chi connectivity index (χ2n) is 3.81. The highest BCUT2D eigenvalue weighted by Gasteiger charge is 2.09. The van der Waals surface area contributed by atoms with E-state index in [0.29, 0.717) is 18.1 Å². The number of methoxy groups -OCH3 is 1. The van der Waals surface area contributed by atoms with Gasteiger partial charge in [-0.3, -0.25) is 0 Å². The van der Waals surface area contributed by atoms with Crippen molar-refractivity contribution in [2.24, 2.45) is 0 Å². The third-order valence-electron chi connectivity index (χ3n) is 2.46. The van der Waals surface area contributed by atoms with Gasteiger partial charge in [0.1, 0.15) is 5.82 Å². The first-order valence-corrected chi connectivity index (χ1v) is 5.37. The van der Waals surface area contributed by atoms with E-state index in [0.717, 1.165) is 5.56 Å². The van der Waals surface area contributed by atoms with Crippen molar-refractivity contribution in [3.63, 3.8) is 0 Å². The van der Waals surface area contributed by atoms with Crippen LogP contribution in [0.25, 0.3) is 0 Å². The minimum atomic E-state index is -0.563. The zero-order valence-corrected chi connectivity index (χ0v) is 10.1. The molecule has 0 spiro atoms. The predicted molar refractivity (Wildman–Crippen MR) is 64.7 cm³/mol. The van der Waals surface area contributed by atoms with Gasteiger partial charge in [-0.25, -0.2) is 19.3 Å². The molecule has 2 rings (SSSR count). The molecule has 2 heterocycles. The fourth-order valence-electron chi connectivity index (χ4n) is 1.54. The summed E-state index contributed by atoms with van der Waals surface area (Å²) in [5, 5.41) is 0. The van der Waals surface area contributed by atoms with Crippen molar-refractivity contribution in [1.82, 2.24) is 15.0 Å². The molecule has 0 radical (unpaired) electrons. The first-order chi connectivity index (χ1) is 8.60. The fourth-order valence-corrected chi connectivity index (χ4v) is 1.54. The Morgan fingerprint density at radius 3 is 2.67 bits per heavy atom. The van der Waals surface area contributed by atoms with Crippen molar-refractivity contribution < 1.29 is 9.13 Å². The number of anilines is 1. The Kier molecular flexibility index (Phi) is 3.36. The molecule has 18 heavy (non-hydrogen) atoms. The number of aromatic nitrogens is 3. The lowest BCUT2D eigenvalue weighted by molar-refractivity contribution is 0.397. The average Bonchev–Trinajstić information content (AvgIpc) is 2.37. The van der Waals surface area contributed by atoms with Gasteiger partial charge in [0, 0.05) is 18.7 Å². The van der Waals surface area contributed by atoms with Crippen LogP contribution < -0.4 is 10.5 Å². The molecular weight excluding hydrogens is 235 g/mol. The summed E-state index contributed by atoms with van der Waals surface area (Å²) < 4.78 is 18.2. The minimum Gasteiger partial charge on any atom is -0.481 e. The summed E-state index contributed by atoms with van der Waals surface area (Å²) >= 11 is 0. The topological polar surface area (TPSA) is 73.9 Å². The lowest BCUT2D eigenvalue weighted by Crippen LogP contribution is -2.06. The van der Waals surface area contributed by atoms with E-state index in [1.807, 2.05) is 6.07 Å². The van der Waals surface area contributed by atoms with E-state index in [1.54, 1.807) is 26.3 Å². The molecule has 0 unspecified atom stereocenters. The van der Waals surface area contributed by atoms with Crippen molar-refractivity contribution in [2.45, 2.75) is 13.3 Å². The van der Waals surface area contributed by atoms with Crippen molar-refractivity contribution in [3.05, 3.63) is 41.2 Å². The van der Waals surface area contributed by atoms with E-state index < -0.39 is 5.82 Å². The van der Waals surface area contributed by atoms with Gasteiger partial charge in [0.05, 0.1) is 12.8 Å². The predicted octanol–water partition coefficient (Wildman–Crippen LogP) is 1.50. The summed E-state index contributed by atoms with van der Waals surface area (Å²) in [6.45, 7) is 1.56. The summed E-state index contributed by atoms with van der Waals surface area (Å²) in [6.07, 6.45) is 2.11. The molecular formula is C12H13FN4O. The molecule has 0 aromatic carbocycles. The molecule has 0 fully saturated rings. The molecule has 94 valence electrons. The van der Waals surface area contributed by atoms with E-state index in [9.17, 15) is 4.39 Å². The van der Waals surface area contributed by atoms with Crippen LogP contribution >= 0.6 is 0 Å². The molecule has 0 saturated carbocycles. The Morgan fingerprint density at radius 1 is 1.33 bits per heavy atom. The molecule has 0 aliphatic rings. The molecule has 0 aliphatic heterocycles. The van der Waals surface area contributed by atoms with Gasteiger partial charge in [-0.05, 0) is 12.5 Å². The van der Waals surface area contributed by atoms with Crippen LogP contribution in [0.4, 0.5) is 10.2 Å². The zero-order chi connectivity index (χ0) is 13.1. The Labute approximate surface area is 104 Å². The van der Waals surface area contributed by atoms with Crippen LogP contribution in [0, 0.1) is 12.7 Å². The van der Waals surface area contributed by atoms with Crippen LogP contribution in [0.5, 0.6) is 5.88 Å². The maximum absolute atomic E-state index is 13.3. The van der Waals surface area contributed by atoms with Crippen LogP contribution in [0.15, 0.2) is 18.3 Å². The van der Waals surface area contributed by atoms with Gasteiger partial charge >= 0.3 is 0 Å². The molecule has 0 aliphatic carbocycles. The Hall–Kier alpha value is -2.24. The summed E-state index contributed by atoms with van der Waals surface area (Å²) in [5.74, 6) is 0.318. The first-order valence-electron chi connectivity index (χ1n) is 5.37. The molecule has 0 saturated heterocycles. The van der Waals surface area contributed by atoms with E-state index in [-0.39, 0.29) is 11.5 Å². The number of rotatable bonds is 3. The standard InChI is InChI=1S/C12H13FN4O/c1-7-11(13)12(14)17-9(16-7)5-8-3-4-10(18-2)15-6-8/h3-4,6H,5H2,1-2H3,(H2,14,16,17). The number of aryl methyl sites for hydroxylation is 1. The number of ether oxygens (including phenoxy) is 1. The molecule has 2 aromatic rings. The number of nitrogens with two attached hydrogens (primary N) is 1. The normalized spacial score (nSPS) is 10.4. The van der Waals surface area contributed by atoms with Crippen LogP contribution in [0.1, 0.15) is 17.1 Å². The molecule has 5 nitrogen and oxygen atoms in total. The highest BCUT2D eigenvalue weighted by atomic mass is 19.1. The van der Waals surface area contributed by atoms with Gasteiger partial charge < -0.3 is 10.5 Å². The van der Waals surface area contributed by atoms with E-state index in [1.165, 1.54) is 0 Å². The third-order valence-corrected chi connectivity index (χ3v) is 2.46. The zero-order valence-electron chi connectivity index (χ0n) is 10.1. The molecule has 2 aromatic heterocycles. The minimum absolute atomic E-state index is 0.126. The van der Waals surface area contributed by atoms with Gasteiger partial charge in [0.2, 0.25) is 5.88 Å². The van der Waals surface area contributed by atoms with Crippen molar-refractivity contribution in [3.8, 4) is 5.88 Å². The monoisotopic (exact) mass is 248 g/mol. The summed E-state index contributed by atoms with van der Waals surface area (Å²) in [4.78, 5) is 12.0. The number of halogens is 1. The largest absolute Gasteiger partial charge is 0.481 e. The van der Waals surface area contributed by atoms with Gasteiger partial charge in [0.15, 0.2) is 11.6 Å². The number of hydrogen-bond acceptors (Lipinski definition) is 5. The molecule has 0 amide bonds. The van der Waals surface area contributed by atoms with E-state index in [2.05, 4.69) is 15.0 Å². The highest BCUT2D eigenvalue weighted by molar-refractivity contribution is 5.33. The van der Waals surface area contributed by atoms with Gasteiger partial charge in [-0.1, -0.05) is 6.07 Å². The quantitative estimate of drug-likeness (QED) is 0.891. The Bertz CT molecular complexity index is 533. The second-order valence-corrected chi connectivity index (χ2v) is 3.81. The van der Waals surface area contributed by atoms with Crippen LogP contribution in [0.3, 0.4) is 0 Å². The first kappa shape index (κ1) is 12.2. The number of nitrogen functional groups attached to an aromatic ring is 1. The Morgan fingerprint density at radius 2 is 2.11 bits per heavy atom. The van der Waals surface area contributed by atoms with Gasteiger partial charge in [-0.2, -0.15) is 0 Å². The van der Waals surface area contributed by atoms with Crippen LogP contribution in [-0.4, -0.2) is 22.1 Å². The molecule has 0 bridgehead atoms. The maximum Gasteiger partial charge on any atom is 0.212 e. The van der Waals surface area contributed by atoms with Crippen molar-refractivity contribution in [2.75, 3.05) is 12.8 Å². The summed E-state index contributed by atoms with van der Waals surface area (Å²) in [7, 11) is 1.55. The molecule has 2 N–H and O–H groups in total. The lowest BCUT2D eigenvalue weighted by Gasteiger charge is -2.05. The number of pyridine rings is 1. The van der Waals surface area contributed by atoms with E-state index >= 15 is 0 Å². The smallest absolute Gasteiger partial charge is 0.212 e. The van der Waals surface area contributed by atoms with Gasteiger partial charge in [-0.15, -0.1) is 0 Å². The van der Waals surface area contributed by atoms with Crippen LogP contribution in [0.2, 0.25) is 0 Å². The molecule has 0 atom stereocenters.